The van der Waals surface area contributed by atoms with Crippen molar-refractivity contribution in [3.8, 4) is 11.3 Å². The van der Waals surface area contributed by atoms with Crippen LogP contribution in [0.25, 0.3) is 17.0 Å². The van der Waals surface area contributed by atoms with Gasteiger partial charge in [-0.1, -0.05) is 0 Å². The van der Waals surface area contributed by atoms with E-state index in [1.54, 1.807) is 4.90 Å². The van der Waals surface area contributed by atoms with Gasteiger partial charge in [0.05, 0.1) is 35.7 Å². The fraction of sp³-hybridized carbons (Fsp3) is 0.389. The second-order valence-electron chi connectivity index (χ2n) is 6.81. The molecule has 4 heterocycles. The summed E-state index contributed by atoms with van der Waals surface area (Å²) in [4.78, 5) is 22.5. The molecule has 0 N–H and O–H groups in total. The highest BCUT2D eigenvalue weighted by molar-refractivity contribution is 5.94. The maximum Gasteiger partial charge on any atom is 0.417 e. The molecule has 3 aromatic heterocycles. The lowest BCUT2D eigenvalue weighted by Crippen LogP contribution is -2.48. The summed E-state index contributed by atoms with van der Waals surface area (Å²) in [7, 11) is 0. The maximum atomic E-state index is 13.4. The number of nitrogens with zero attached hydrogens (tertiary/aromatic N) is 4. The molecule has 0 unspecified atom stereocenters. The minimum Gasteiger partial charge on any atom is -0.443 e. The van der Waals surface area contributed by atoms with Crippen LogP contribution in [-0.2, 0) is 10.9 Å². The van der Waals surface area contributed by atoms with E-state index in [4.69, 9.17) is 9.15 Å². The monoisotopic (exact) mass is 394 g/mol. The van der Waals surface area contributed by atoms with Crippen LogP contribution in [0.3, 0.4) is 0 Å². The number of oxazole rings is 1. The van der Waals surface area contributed by atoms with E-state index < -0.39 is 17.6 Å². The first kappa shape index (κ1) is 18.5. The van der Waals surface area contributed by atoms with Gasteiger partial charge in [0, 0.05) is 19.3 Å². The van der Waals surface area contributed by atoms with Crippen molar-refractivity contribution in [2.45, 2.75) is 32.2 Å². The van der Waals surface area contributed by atoms with E-state index in [1.165, 1.54) is 12.4 Å². The zero-order chi connectivity index (χ0) is 20.1. The summed E-state index contributed by atoms with van der Waals surface area (Å²) >= 11 is 0. The number of alkyl halides is 3. The molecule has 1 amide bonds. The predicted octanol–water partition coefficient (Wildman–Crippen LogP) is 3.26. The first-order valence-corrected chi connectivity index (χ1v) is 8.66. The summed E-state index contributed by atoms with van der Waals surface area (Å²) in [5.74, 6) is -0.272. The van der Waals surface area contributed by atoms with Crippen molar-refractivity contribution >= 4 is 11.6 Å². The molecule has 1 saturated heterocycles. The highest BCUT2D eigenvalue weighted by atomic mass is 19.4. The van der Waals surface area contributed by atoms with E-state index in [1.807, 2.05) is 13.8 Å². The maximum absolute atomic E-state index is 13.4. The topological polar surface area (TPSA) is 72.9 Å². The third kappa shape index (κ3) is 3.24. The minimum absolute atomic E-state index is 0.0446. The molecule has 28 heavy (non-hydrogen) atoms. The van der Waals surface area contributed by atoms with Gasteiger partial charge in [0.25, 0.3) is 5.91 Å². The zero-order valence-corrected chi connectivity index (χ0v) is 15.1. The van der Waals surface area contributed by atoms with Crippen LogP contribution in [-0.4, -0.2) is 50.5 Å². The van der Waals surface area contributed by atoms with E-state index in [-0.39, 0.29) is 34.9 Å². The number of ether oxygens (including phenoxy) is 1. The summed E-state index contributed by atoms with van der Waals surface area (Å²) in [5.41, 5.74) is -0.581. The summed E-state index contributed by atoms with van der Waals surface area (Å²) in [6, 6.07) is 0.940. The Morgan fingerprint density at radius 2 is 1.93 bits per heavy atom. The number of amides is 1. The number of rotatable bonds is 2. The number of hydrogen-bond donors (Lipinski definition) is 0. The Bertz CT molecular complexity index is 1000. The van der Waals surface area contributed by atoms with Gasteiger partial charge in [-0.3, -0.25) is 9.20 Å². The van der Waals surface area contributed by atoms with Crippen LogP contribution in [0, 0.1) is 0 Å². The second-order valence-corrected chi connectivity index (χ2v) is 6.81. The molecule has 1 aliphatic heterocycles. The second kappa shape index (κ2) is 6.62. The molecular formula is C18H17F3N4O3. The van der Waals surface area contributed by atoms with E-state index >= 15 is 0 Å². The molecule has 10 heteroatoms. The number of pyridine rings is 1. The highest BCUT2D eigenvalue weighted by Gasteiger charge is 2.34. The molecule has 3 aromatic rings. The molecular weight excluding hydrogens is 377 g/mol. The Morgan fingerprint density at radius 1 is 1.21 bits per heavy atom. The molecule has 0 spiro atoms. The highest BCUT2D eigenvalue weighted by Crippen LogP contribution is 2.34. The lowest BCUT2D eigenvalue weighted by atomic mass is 10.1. The van der Waals surface area contributed by atoms with Crippen molar-refractivity contribution < 1.29 is 27.1 Å². The Labute approximate surface area is 157 Å². The van der Waals surface area contributed by atoms with Crippen LogP contribution in [0.15, 0.2) is 35.5 Å². The summed E-state index contributed by atoms with van der Waals surface area (Å²) in [6.45, 7) is 4.39. The van der Waals surface area contributed by atoms with Gasteiger partial charge in [0.1, 0.15) is 11.3 Å². The standard InChI is InChI=1S/C18H17F3N4O3/c1-10-6-24(7-11(2)28-10)17(26)14-4-23-16-13(15-5-22-9-27-15)3-12(8-25(14)16)18(19,20)21/h3-5,8-11H,6-7H2,1-2H3/t10-,11+. The molecule has 0 saturated carbocycles. The molecule has 0 bridgehead atoms. The average Bonchev–Trinajstić information content (AvgIpc) is 3.28. The molecule has 7 nitrogen and oxygen atoms in total. The number of hydrogen-bond acceptors (Lipinski definition) is 5. The lowest BCUT2D eigenvalue weighted by Gasteiger charge is -2.35. The molecule has 1 aliphatic rings. The zero-order valence-electron chi connectivity index (χ0n) is 15.1. The van der Waals surface area contributed by atoms with Crippen LogP contribution >= 0.6 is 0 Å². The van der Waals surface area contributed by atoms with E-state index in [0.717, 1.165) is 23.1 Å². The molecule has 2 atom stereocenters. The van der Waals surface area contributed by atoms with E-state index in [0.29, 0.717) is 13.1 Å². The SMILES string of the molecule is C[C@@H]1CN(C(=O)c2cnc3c(-c4cnco4)cc(C(F)(F)F)cn23)C[C@H](C)O1. The number of carbonyl (C=O) groups excluding carboxylic acids is 1. The largest absolute Gasteiger partial charge is 0.443 e. The van der Waals surface area contributed by atoms with Gasteiger partial charge < -0.3 is 14.1 Å². The predicted molar refractivity (Wildman–Crippen MR) is 91.6 cm³/mol. The molecule has 0 aliphatic carbocycles. The third-order valence-electron chi connectivity index (χ3n) is 4.56. The number of aromatic nitrogens is 3. The summed E-state index contributed by atoms with van der Waals surface area (Å²) in [5, 5.41) is 0. The summed E-state index contributed by atoms with van der Waals surface area (Å²) < 4.78 is 52.3. The van der Waals surface area contributed by atoms with Gasteiger partial charge in [0.15, 0.2) is 12.2 Å². The molecule has 1 fully saturated rings. The van der Waals surface area contributed by atoms with Gasteiger partial charge in [0.2, 0.25) is 0 Å². The fourth-order valence-electron chi connectivity index (χ4n) is 3.44. The van der Waals surface area contributed by atoms with Crippen molar-refractivity contribution in [1.82, 2.24) is 19.3 Å². The number of morpholine rings is 1. The van der Waals surface area contributed by atoms with Crippen molar-refractivity contribution in [2.75, 3.05) is 13.1 Å². The summed E-state index contributed by atoms with van der Waals surface area (Å²) in [6.07, 6.45) is -0.347. The first-order valence-electron chi connectivity index (χ1n) is 8.66. The molecule has 148 valence electrons. The minimum atomic E-state index is -4.60. The molecule has 0 radical (unpaired) electrons. The van der Waals surface area contributed by atoms with Crippen molar-refractivity contribution in [1.29, 1.82) is 0 Å². The smallest absolute Gasteiger partial charge is 0.417 e. The first-order chi connectivity index (χ1) is 13.2. The normalized spacial score (nSPS) is 20.7. The van der Waals surface area contributed by atoms with Crippen molar-refractivity contribution in [2.24, 2.45) is 0 Å². The number of fused-ring (bicyclic) bond motifs is 1. The van der Waals surface area contributed by atoms with Crippen LogP contribution in [0.5, 0.6) is 0 Å². The molecule has 4 rings (SSSR count). The van der Waals surface area contributed by atoms with Gasteiger partial charge in [-0.05, 0) is 19.9 Å². The Morgan fingerprint density at radius 3 is 2.54 bits per heavy atom. The van der Waals surface area contributed by atoms with Crippen molar-refractivity contribution in [3.05, 3.63) is 42.3 Å². The number of imidazole rings is 1. The van der Waals surface area contributed by atoms with Crippen LogP contribution < -0.4 is 0 Å². The number of halogens is 3. The van der Waals surface area contributed by atoms with Crippen LogP contribution in [0.2, 0.25) is 0 Å². The Hall–Kier alpha value is -2.88. The van der Waals surface area contributed by atoms with E-state index in [2.05, 4.69) is 9.97 Å². The van der Waals surface area contributed by atoms with E-state index in [9.17, 15) is 18.0 Å². The fourth-order valence-corrected chi connectivity index (χ4v) is 3.44. The van der Waals surface area contributed by atoms with Crippen LogP contribution in [0.4, 0.5) is 13.2 Å². The van der Waals surface area contributed by atoms with Crippen molar-refractivity contribution in [3.63, 3.8) is 0 Å². The van der Waals surface area contributed by atoms with Gasteiger partial charge in [-0.2, -0.15) is 13.2 Å². The molecule has 0 aromatic carbocycles. The van der Waals surface area contributed by atoms with Gasteiger partial charge >= 0.3 is 6.18 Å². The Balaban J connectivity index is 1.84. The lowest BCUT2D eigenvalue weighted by molar-refractivity contribution is -0.137. The average molecular weight is 394 g/mol. The number of carbonyl (C=O) groups is 1. The Kier molecular flexibility index (Phi) is 4.37. The van der Waals surface area contributed by atoms with Crippen LogP contribution in [0.1, 0.15) is 29.9 Å². The quantitative estimate of drug-likeness (QED) is 0.667. The third-order valence-corrected chi connectivity index (χ3v) is 4.56. The van der Waals surface area contributed by atoms with Gasteiger partial charge in [-0.15, -0.1) is 0 Å². The van der Waals surface area contributed by atoms with Gasteiger partial charge in [-0.25, -0.2) is 9.97 Å².